The molecule has 0 N–H and O–H groups in total. The van der Waals surface area contributed by atoms with Crippen molar-refractivity contribution in [2.45, 2.75) is 0 Å². The van der Waals surface area contributed by atoms with E-state index in [0.29, 0.717) is 10.7 Å². The predicted molar refractivity (Wildman–Crippen MR) is 64.8 cm³/mol. The number of nitrogens with zero attached hydrogens (tertiary/aromatic N) is 4. The summed E-state index contributed by atoms with van der Waals surface area (Å²) in [5.74, 6) is 0. The van der Waals surface area contributed by atoms with Crippen LogP contribution < -0.4 is 4.90 Å². The summed E-state index contributed by atoms with van der Waals surface area (Å²) >= 11 is 5.01. The third kappa shape index (κ3) is 1.92. The van der Waals surface area contributed by atoms with Crippen LogP contribution in [-0.4, -0.2) is 24.8 Å². The van der Waals surface area contributed by atoms with E-state index in [2.05, 4.69) is 15.4 Å². The minimum Gasteiger partial charge on any atom is -0.378 e. The standard InChI is InChI=1S/C10H10N4S/c1-14(2)8-5-3-7(4-6-8)9-10(15)12-13-11-9/h3-6H,1-2H3. The van der Waals surface area contributed by atoms with Gasteiger partial charge in [-0.1, -0.05) is 24.4 Å². The monoisotopic (exact) mass is 218 g/mol. The highest BCUT2D eigenvalue weighted by molar-refractivity contribution is 7.82. The van der Waals surface area contributed by atoms with Crippen molar-refractivity contribution in [1.29, 1.82) is 0 Å². The van der Waals surface area contributed by atoms with E-state index in [9.17, 15) is 0 Å². The smallest absolute Gasteiger partial charge is 0.178 e. The number of thiocarbonyl (C=S) groups is 1. The highest BCUT2D eigenvalue weighted by Crippen LogP contribution is 2.15. The lowest BCUT2D eigenvalue weighted by Gasteiger charge is -2.12. The molecule has 0 spiro atoms. The maximum Gasteiger partial charge on any atom is 0.178 e. The minimum atomic E-state index is 0.451. The van der Waals surface area contributed by atoms with Crippen molar-refractivity contribution in [3.05, 3.63) is 29.8 Å². The molecular weight excluding hydrogens is 208 g/mol. The van der Waals surface area contributed by atoms with Crippen LogP contribution in [0, 0.1) is 0 Å². The molecule has 2 rings (SSSR count). The molecule has 4 nitrogen and oxygen atoms in total. The van der Waals surface area contributed by atoms with Crippen molar-refractivity contribution in [2.75, 3.05) is 19.0 Å². The van der Waals surface area contributed by atoms with Gasteiger partial charge in [-0.2, -0.15) is 0 Å². The highest BCUT2D eigenvalue weighted by atomic mass is 32.1. The summed E-state index contributed by atoms with van der Waals surface area (Å²) in [6.07, 6.45) is 0. The van der Waals surface area contributed by atoms with Crippen molar-refractivity contribution in [2.24, 2.45) is 15.4 Å². The summed E-state index contributed by atoms with van der Waals surface area (Å²) in [6.45, 7) is 0. The molecule has 1 aliphatic rings. The van der Waals surface area contributed by atoms with E-state index in [1.165, 1.54) is 0 Å². The predicted octanol–water partition coefficient (Wildman–Crippen LogP) is 2.25. The van der Waals surface area contributed by atoms with Crippen LogP contribution in [0.5, 0.6) is 0 Å². The van der Waals surface area contributed by atoms with Gasteiger partial charge in [0.25, 0.3) is 0 Å². The molecule has 0 bridgehead atoms. The van der Waals surface area contributed by atoms with E-state index in [-0.39, 0.29) is 0 Å². The molecule has 1 aromatic carbocycles. The zero-order valence-corrected chi connectivity index (χ0v) is 9.32. The number of benzene rings is 1. The lowest BCUT2D eigenvalue weighted by atomic mass is 10.1. The number of hydrogen-bond donors (Lipinski definition) is 0. The Bertz CT molecular complexity index is 445. The molecule has 0 aromatic heterocycles. The maximum absolute atomic E-state index is 5.01. The summed E-state index contributed by atoms with van der Waals surface area (Å²) in [6, 6.07) is 7.96. The summed E-state index contributed by atoms with van der Waals surface area (Å²) in [5, 5.41) is 11.1. The summed E-state index contributed by atoms with van der Waals surface area (Å²) in [4.78, 5) is 2.49. The molecule has 1 aliphatic heterocycles. The zero-order chi connectivity index (χ0) is 10.8. The van der Waals surface area contributed by atoms with Gasteiger partial charge >= 0.3 is 0 Å². The highest BCUT2D eigenvalue weighted by Gasteiger charge is 2.13. The van der Waals surface area contributed by atoms with Gasteiger partial charge in [-0.3, -0.25) is 0 Å². The first-order chi connectivity index (χ1) is 7.18. The van der Waals surface area contributed by atoms with Crippen LogP contribution in [0.25, 0.3) is 0 Å². The fourth-order valence-electron chi connectivity index (χ4n) is 1.30. The van der Waals surface area contributed by atoms with Crippen molar-refractivity contribution < 1.29 is 0 Å². The molecule has 0 amide bonds. The molecule has 15 heavy (non-hydrogen) atoms. The second kappa shape index (κ2) is 3.86. The van der Waals surface area contributed by atoms with Crippen LogP contribution in [0.1, 0.15) is 5.56 Å². The van der Waals surface area contributed by atoms with E-state index in [4.69, 9.17) is 12.2 Å². The lowest BCUT2D eigenvalue weighted by Crippen LogP contribution is -2.10. The molecule has 0 atom stereocenters. The maximum atomic E-state index is 5.01. The molecular formula is C10H10N4S. The molecule has 0 saturated heterocycles. The second-order valence-corrected chi connectivity index (χ2v) is 3.77. The summed E-state index contributed by atoms with van der Waals surface area (Å²) < 4.78 is 0. The van der Waals surface area contributed by atoms with E-state index >= 15 is 0 Å². The number of anilines is 1. The van der Waals surface area contributed by atoms with Gasteiger partial charge in [0.1, 0.15) is 5.71 Å². The van der Waals surface area contributed by atoms with Crippen LogP contribution in [0.15, 0.2) is 39.7 Å². The molecule has 0 radical (unpaired) electrons. The van der Waals surface area contributed by atoms with Crippen molar-refractivity contribution in [1.82, 2.24) is 0 Å². The van der Waals surface area contributed by atoms with Crippen LogP contribution in [-0.2, 0) is 0 Å². The van der Waals surface area contributed by atoms with E-state index in [1.54, 1.807) is 0 Å². The topological polar surface area (TPSA) is 40.3 Å². The Morgan fingerprint density at radius 3 is 2.27 bits per heavy atom. The Hall–Kier alpha value is -1.62. The van der Waals surface area contributed by atoms with Gasteiger partial charge in [-0.15, -0.1) is 10.2 Å². The van der Waals surface area contributed by atoms with E-state index < -0.39 is 0 Å². The van der Waals surface area contributed by atoms with Crippen LogP contribution >= 0.6 is 12.2 Å². The molecule has 0 saturated carbocycles. The van der Waals surface area contributed by atoms with Crippen LogP contribution in [0.3, 0.4) is 0 Å². The Kier molecular flexibility index (Phi) is 2.55. The quantitative estimate of drug-likeness (QED) is 0.714. The van der Waals surface area contributed by atoms with Gasteiger partial charge in [0.2, 0.25) is 0 Å². The first kappa shape index (κ1) is 9.92. The fraction of sp³-hybridized carbons (Fsp3) is 0.200. The molecule has 1 aromatic rings. The zero-order valence-electron chi connectivity index (χ0n) is 8.51. The van der Waals surface area contributed by atoms with E-state index in [0.717, 1.165) is 11.3 Å². The van der Waals surface area contributed by atoms with Gasteiger partial charge in [0.05, 0.1) is 0 Å². The first-order valence-electron chi connectivity index (χ1n) is 4.49. The Balaban J connectivity index is 2.29. The number of rotatable bonds is 2. The third-order valence-electron chi connectivity index (χ3n) is 2.14. The third-order valence-corrected chi connectivity index (χ3v) is 2.41. The van der Waals surface area contributed by atoms with Crippen LogP contribution in [0.4, 0.5) is 5.69 Å². The van der Waals surface area contributed by atoms with Gasteiger partial charge < -0.3 is 4.90 Å². The van der Waals surface area contributed by atoms with Gasteiger partial charge in [-0.05, 0) is 17.4 Å². The Morgan fingerprint density at radius 1 is 1.13 bits per heavy atom. The van der Waals surface area contributed by atoms with Crippen molar-refractivity contribution >= 4 is 28.6 Å². The Morgan fingerprint density at radius 2 is 1.80 bits per heavy atom. The SMILES string of the molecule is CN(C)c1ccc(C2=NN=NC2=S)cc1. The molecule has 0 aliphatic carbocycles. The molecule has 5 heteroatoms. The molecule has 0 unspecified atom stereocenters. The summed E-state index contributed by atoms with van der Waals surface area (Å²) in [7, 11) is 3.99. The normalized spacial score (nSPS) is 14.3. The van der Waals surface area contributed by atoms with Crippen LogP contribution in [0.2, 0.25) is 0 Å². The Labute approximate surface area is 93.3 Å². The minimum absolute atomic E-state index is 0.451. The van der Waals surface area contributed by atoms with Gasteiger partial charge in [-0.25, -0.2) is 0 Å². The first-order valence-corrected chi connectivity index (χ1v) is 4.90. The van der Waals surface area contributed by atoms with Gasteiger partial charge in [0.15, 0.2) is 4.99 Å². The summed E-state index contributed by atoms with van der Waals surface area (Å²) in [5.41, 5.74) is 2.77. The van der Waals surface area contributed by atoms with Crippen molar-refractivity contribution in [3.8, 4) is 0 Å². The van der Waals surface area contributed by atoms with Crippen molar-refractivity contribution in [3.63, 3.8) is 0 Å². The lowest BCUT2D eigenvalue weighted by molar-refractivity contribution is 1.12. The average molecular weight is 218 g/mol. The van der Waals surface area contributed by atoms with E-state index in [1.807, 2.05) is 43.3 Å². The molecule has 76 valence electrons. The average Bonchev–Trinajstić information content (AvgIpc) is 2.65. The molecule has 0 fully saturated rings. The largest absolute Gasteiger partial charge is 0.378 e. The number of hydrogen-bond acceptors (Lipinski definition) is 4. The fourth-order valence-corrected chi connectivity index (χ4v) is 1.49. The second-order valence-electron chi connectivity index (χ2n) is 3.38. The van der Waals surface area contributed by atoms with Gasteiger partial charge in [0, 0.05) is 25.3 Å². The molecule has 1 heterocycles.